The lowest BCUT2D eigenvalue weighted by Crippen LogP contribution is -2.47. The molecule has 0 N–H and O–H groups in total. The highest BCUT2D eigenvalue weighted by molar-refractivity contribution is 5.79. The Morgan fingerprint density at radius 3 is 2.43 bits per heavy atom. The minimum atomic E-state index is -2.65. The number of alkyl halides is 2. The van der Waals surface area contributed by atoms with Gasteiger partial charge in [-0.2, -0.15) is 0 Å². The van der Waals surface area contributed by atoms with Crippen molar-refractivity contribution in [2.45, 2.75) is 31.6 Å². The molecule has 1 amide bonds. The van der Waals surface area contributed by atoms with E-state index in [4.69, 9.17) is 0 Å². The van der Waals surface area contributed by atoms with Gasteiger partial charge in [0.05, 0.1) is 6.20 Å². The molecule has 0 spiro atoms. The van der Waals surface area contributed by atoms with Crippen molar-refractivity contribution in [3.8, 4) is 0 Å². The van der Waals surface area contributed by atoms with Gasteiger partial charge in [-0.25, -0.2) is 23.1 Å². The number of hydrogen-bond donors (Lipinski definition) is 0. The highest BCUT2D eigenvalue weighted by atomic mass is 19.3. The summed E-state index contributed by atoms with van der Waals surface area (Å²) in [5.74, 6) is -3.10. The molecule has 23 heavy (non-hydrogen) atoms. The largest absolute Gasteiger partial charge is 0.354 e. The summed E-state index contributed by atoms with van der Waals surface area (Å²) in [4.78, 5) is 23.3. The Morgan fingerprint density at radius 2 is 1.83 bits per heavy atom. The van der Waals surface area contributed by atoms with Crippen molar-refractivity contribution in [1.82, 2.24) is 14.9 Å². The molecule has 0 aromatic carbocycles. The van der Waals surface area contributed by atoms with Crippen molar-refractivity contribution in [3.05, 3.63) is 18.3 Å². The fourth-order valence-electron chi connectivity index (χ4n) is 3.19. The minimum absolute atomic E-state index is 0.0525. The lowest BCUT2D eigenvalue weighted by Gasteiger charge is -2.37. The third kappa shape index (κ3) is 3.56. The number of carbonyl (C=O) groups excluding carboxylic acids is 1. The predicted molar refractivity (Wildman–Crippen MR) is 77.7 cm³/mol. The Kier molecular flexibility index (Phi) is 4.41. The fourth-order valence-corrected chi connectivity index (χ4v) is 3.19. The predicted octanol–water partition coefficient (Wildman–Crippen LogP) is 2.09. The van der Waals surface area contributed by atoms with E-state index in [-0.39, 0.29) is 43.6 Å². The minimum Gasteiger partial charge on any atom is -0.354 e. The van der Waals surface area contributed by atoms with Crippen LogP contribution in [-0.2, 0) is 4.79 Å². The molecule has 3 rings (SSSR count). The summed E-state index contributed by atoms with van der Waals surface area (Å²) in [6, 6.07) is 0. The van der Waals surface area contributed by atoms with Gasteiger partial charge in [-0.1, -0.05) is 0 Å². The van der Waals surface area contributed by atoms with Crippen LogP contribution < -0.4 is 4.90 Å². The molecule has 0 radical (unpaired) electrons. The van der Waals surface area contributed by atoms with Gasteiger partial charge in [-0.15, -0.1) is 0 Å². The monoisotopic (exact) mass is 328 g/mol. The third-order valence-electron chi connectivity index (χ3n) is 4.60. The van der Waals surface area contributed by atoms with Crippen molar-refractivity contribution in [2.24, 2.45) is 5.92 Å². The first kappa shape index (κ1) is 16.0. The molecule has 0 unspecified atom stereocenters. The number of hydrogen-bond acceptors (Lipinski definition) is 4. The first-order valence-electron chi connectivity index (χ1n) is 7.83. The van der Waals surface area contributed by atoms with Gasteiger partial charge in [-0.05, 0) is 12.8 Å². The molecule has 1 aromatic rings. The molecule has 3 heterocycles. The van der Waals surface area contributed by atoms with E-state index in [0.29, 0.717) is 25.9 Å². The third-order valence-corrected chi connectivity index (χ3v) is 4.60. The molecular formula is C15H19F3N4O. The Bertz CT molecular complexity index is 566. The van der Waals surface area contributed by atoms with Gasteiger partial charge in [0, 0.05) is 44.9 Å². The SMILES string of the molecule is O=C(C1CCN(c2ncncc2F)CC1)N1CCC(F)(F)CC1. The molecule has 0 aliphatic carbocycles. The summed E-state index contributed by atoms with van der Waals surface area (Å²) in [7, 11) is 0. The van der Waals surface area contributed by atoms with E-state index in [9.17, 15) is 18.0 Å². The van der Waals surface area contributed by atoms with E-state index >= 15 is 0 Å². The zero-order chi connectivity index (χ0) is 16.4. The van der Waals surface area contributed by atoms with Gasteiger partial charge >= 0.3 is 0 Å². The molecule has 1 aromatic heterocycles. The summed E-state index contributed by atoms with van der Waals surface area (Å²) in [5.41, 5.74) is 0. The van der Waals surface area contributed by atoms with Crippen LogP contribution in [0.25, 0.3) is 0 Å². The van der Waals surface area contributed by atoms with Crippen LogP contribution in [-0.4, -0.2) is 52.9 Å². The van der Waals surface area contributed by atoms with E-state index in [1.165, 1.54) is 6.33 Å². The number of piperidine rings is 2. The molecule has 2 fully saturated rings. The van der Waals surface area contributed by atoms with Crippen LogP contribution in [0.1, 0.15) is 25.7 Å². The average Bonchev–Trinajstić information content (AvgIpc) is 2.55. The van der Waals surface area contributed by atoms with E-state index in [2.05, 4.69) is 9.97 Å². The number of rotatable bonds is 2. The Balaban J connectivity index is 1.55. The number of halogens is 3. The van der Waals surface area contributed by atoms with E-state index < -0.39 is 11.7 Å². The van der Waals surface area contributed by atoms with Gasteiger partial charge < -0.3 is 9.80 Å². The molecule has 0 bridgehead atoms. The van der Waals surface area contributed by atoms with E-state index in [1.807, 2.05) is 0 Å². The first-order chi connectivity index (χ1) is 11.0. The van der Waals surface area contributed by atoms with Crippen LogP contribution in [0.2, 0.25) is 0 Å². The Hall–Kier alpha value is -1.86. The van der Waals surface area contributed by atoms with Crippen molar-refractivity contribution >= 4 is 11.7 Å². The van der Waals surface area contributed by atoms with Crippen molar-refractivity contribution in [1.29, 1.82) is 0 Å². The second-order valence-electron chi connectivity index (χ2n) is 6.14. The van der Waals surface area contributed by atoms with Crippen LogP contribution in [0.15, 0.2) is 12.5 Å². The summed E-state index contributed by atoms with van der Waals surface area (Å²) < 4.78 is 40.0. The zero-order valence-electron chi connectivity index (χ0n) is 12.7. The molecule has 2 aliphatic rings. The van der Waals surface area contributed by atoms with Crippen molar-refractivity contribution in [2.75, 3.05) is 31.1 Å². The fraction of sp³-hybridized carbons (Fsp3) is 0.667. The average molecular weight is 328 g/mol. The maximum Gasteiger partial charge on any atom is 0.251 e. The standard InChI is InChI=1S/C15H19F3N4O/c16-12-9-19-10-20-13(12)21-5-1-11(2-6-21)14(23)22-7-3-15(17,18)4-8-22/h9-11H,1-8H2. The first-order valence-corrected chi connectivity index (χ1v) is 7.83. The summed E-state index contributed by atoms with van der Waals surface area (Å²) in [5, 5.41) is 0. The molecule has 5 nitrogen and oxygen atoms in total. The van der Waals surface area contributed by atoms with Crippen LogP contribution in [0.3, 0.4) is 0 Å². The quantitative estimate of drug-likeness (QED) is 0.834. The highest BCUT2D eigenvalue weighted by Crippen LogP contribution is 2.30. The number of aromatic nitrogens is 2. The zero-order valence-corrected chi connectivity index (χ0v) is 12.7. The summed E-state index contributed by atoms with van der Waals surface area (Å²) in [6.45, 7) is 1.28. The molecule has 126 valence electrons. The molecule has 2 aliphatic heterocycles. The molecule has 0 atom stereocenters. The summed E-state index contributed by atoms with van der Waals surface area (Å²) in [6.07, 6.45) is 3.05. The summed E-state index contributed by atoms with van der Waals surface area (Å²) >= 11 is 0. The second kappa shape index (κ2) is 6.33. The number of carbonyl (C=O) groups is 1. The van der Waals surface area contributed by atoms with Gasteiger partial charge in [0.2, 0.25) is 5.91 Å². The molecular weight excluding hydrogens is 309 g/mol. The molecule has 8 heteroatoms. The number of anilines is 1. The van der Waals surface area contributed by atoms with Gasteiger partial charge in [0.25, 0.3) is 5.92 Å². The molecule has 0 saturated carbocycles. The maximum absolute atomic E-state index is 13.7. The maximum atomic E-state index is 13.7. The number of likely N-dealkylation sites (tertiary alicyclic amines) is 1. The van der Waals surface area contributed by atoms with Crippen molar-refractivity contribution < 1.29 is 18.0 Å². The van der Waals surface area contributed by atoms with Crippen LogP contribution in [0.5, 0.6) is 0 Å². The van der Waals surface area contributed by atoms with Gasteiger partial charge in [0.15, 0.2) is 11.6 Å². The Morgan fingerprint density at radius 1 is 1.17 bits per heavy atom. The van der Waals surface area contributed by atoms with E-state index in [1.54, 1.807) is 9.80 Å². The van der Waals surface area contributed by atoms with Crippen LogP contribution in [0, 0.1) is 11.7 Å². The van der Waals surface area contributed by atoms with Gasteiger partial charge in [0.1, 0.15) is 6.33 Å². The van der Waals surface area contributed by atoms with Gasteiger partial charge in [-0.3, -0.25) is 4.79 Å². The molecule has 2 saturated heterocycles. The lowest BCUT2D eigenvalue weighted by atomic mass is 9.94. The topological polar surface area (TPSA) is 49.3 Å². The van der Waals surface area contributed by atoms with Crippen LogP contribution in [0.4, 0.5) is 19.0 Å². The number of amides is 1. The lowest BCUT2D eigenvalue weighted by molar-refractivity contribution is -0.142. The smallest absolute Gasteiger partial charge is 0.251 e. The van der Waals surface area contributed by atoms with Crippen LogP contribution >= 0.6 is 0 Å². The number of nitrogens with zero attached hydrogens (tertiary/aromatic N) is 4. The Labute approximate surface area is 132 Å². The second-order valence-corrected chi connectivity index (χ2v) is 6.14. The highest BCUT2D eigenvalue weighted by Gasteiger charge is 2.38. The van der Waals surface area contributed by atoms with E-state index in [0.717, 1.165) is 6.20 Å². The van der Waals surface area contributed by atoms with Crippen molar-refractivity contribution in [3.63, 3.8) is 0 Å². The normalized spacial score (nSPS) is 22.2.